The first kappa shape index (κ1) is 11.1. The van der Waals surface area contributed by atoms with Gasteiger partial charge in [-0.2, -0.15) is 0 Å². The number of fused-ring (bicyclic) bond motifs is 1. The number of rotatable bonds is 1. The number of anilines is 1. The van der Waals surface area contributed by atoms with E-state index in [9.17, 15) is 0 Å². The zero-order valence-corrected chi connectivity index (χ0v) is 10.7. The van der Waals surface area contributed by atoms with E-state index in [-0.39, 0.29) is 6.10 Å². The van der Waals surface area contributed by atoms with Crippen molar-refractivity contribution in [3.8, 4) is 5.75 Å². The summed E-state index contributed by atoms with van der Waals surface area (Å²) in [5, 5.41) is 3.43. The molecule has 1 N–H and O–H groups in total. The maximum Gasteiger partial charge on any atom is 0.143 e. The molecule has 0 radical (unpaired) electrons. The third-order valence-electron chi connectivity index (χ3n) is 3.33. The van der Waals surface area contributed by atoms with Gasteiger partial charge in [0.1, 0.15) is 11.9 Å². The molecule has 18 heavy (non-hydrogen) atoms. The number of benzene rings is 2. The molecular formula is C16H17NO. The first-order valence-corrected chi connectivity index (χ1v) is 6.30. The Hall–Kier alpha value is -1.96. The van der Waals surface area contributed by atoms with E-state index < -0.39 is 0 Å². The van der Waals surface area contributed by atoms with Gasteiger partial charge in [0.2, 0.25) is 0 Å². The molecule has 2 aromatic carbocycles. The SMILES string of the molecule is Cc1ccc(C2CNc3ccc(C)cc3O2)cc1. The zero-order valence-electron chi connectivity index (χ0n) is 10.7. The molecule has 1 heterocycles. The Morgan fingerprint density at radius 2 is 1.72 bits per heavy atom. The Bertz CT molecular complexity index is 560. The topological polar surface area (TPSA) is 21.3 Å². The molecule has 0 bridgehead atoms. The molecule has 1 aliphatic heterocycles. The molecule has 0 saturated carbocycles. The lowest BCUT2D eigenvalue weighted by molar-refractivity contribution is 0.210. The Morgan fingerprint density at radius 3 is 2.50 bits per heavy atom. The van der Waals surface area contributed by atoms with E-state index in [1.54, 1.807) is 0 Å². The maximum absolute atomic E-state index is 6.08. The van der Waals surface area contributed by atoms with Crippen LogP contribution in [0.5, 0.6) is 5.75 Å². The van der Waals surface area contributed by atoms with E-state index >= 15 is 0 Å². The number of nitrogens with one attached hydrogen (secondary N) is 1. The van der Waals surface area contributed by atoms with Gasteiger partial charge in [-0.25, -0.2) is 0 Å². The molecule has 92 valence electrons. The van der Waals surface area contributed by atoms with Gasteiger partial charge in [0.15, 0.2) is 0 Å². The molecule has 0 aliphatic carbocycles. The third-order valence-corrected chi connectivity index (χ3v) is 3.33. The maximum atomic E-state index is 6.08. The van der Waals surface area contributed by atoms with Gasteiger partial charge in [-0.1, -0.05) is 35.9 Å². The molecule has 0 saturated heterocycles. The van der Waals surface area contributed by atoms with Crippen LogP contribution in [-0.2, 0) is 0 Å². The van der Waals surface area contributed by atoms with Crippen LogP contribution >= 0.6 is 0 Å². The van der Waals surface area contributed by atoms with Crippen molar-refractivity contribution in [3.05, 3.63) is 59.2 Å². The fourth-order valence-electron chi connectivity index (χ4n) is 2.24. The minimum atomic E-state index is 0.0971. The summed E-state index contributed by atoms with van der Waals surface area (Å²) in [6.45, 7) is 5.00. The van der Waals surface area contributed by atoms with E-state index in [1.165, 1.54) is 16.7 Å². The number of hydrogen-bond acceptors (Lipinski definition) is 2. The first-order chi connectivity index (χ1) is 8.72. The summed E-state index contributed by atoms with van der Waals surface area (Å²) in [7, 11) is 0. The van der Waals surface area contributed by atoms with Crippen LogP contribution in [0, 0.1) is 13.8 Å². The minimum absolute atomic E-state index is 0.0971. The van der Waals surface area contributed by atoms with Crippen molar-refractivity contribution in [1.82, 2.24) is 0 Å². The van der Waals surface area contributed by atoms with Crippen LogP contribution in [0.1, 0.15) is 22.8 Å². The average molecular weight is 239 g/mol. The first-order valence-electron chi connectivity index (χ1n) is 6.30. The highest BCUT2D eigenvalue weighted by atomic mass is 16.5. The van der Waals surface area contributed by atoms with Gasteiger partial charge in [0, 0.05) is 0 Å². The van der Waals surface area contributed by atoms with Crippen LogP contribution < -0.4 is 10.1 Å². The van der Waals surface area contributed by atoms with E-state index in [0.29, 0.717) is 0 Å². The molecule has 0 spiro atoms. The summed E-state index contributed by atoms with van der Waals surface area (Å²) < 4.78 is 6.08. The smallest absolute Gasteiger partial charge is 0.143 e. The van der Waals surface area contributed by atoms with Crippen molar-refractivity contribution in [2.45, 2.75) is 20.0 Å². The highest BCUT2D eigenvalue weighted by molar-refractivity contribution is 5.59. The van der Waals surface area contributed by atoms with Crippen molar-refractivity contribution < 1.29 is 4.74 Å². The minimum Gasteiger partial charge on any atom is -0.482 e. The van der Waals surface area contributed by atoms with Gasteiger partial charge in [0.05, 0.1) is 12.2 Å². The molecule has 2 heteroatoms. The molecule has 2 aromatic rings. The Labute approximate surface area is 108 Å². The monoisotopic (exact) mass is 239 g/mol. The number of ether oxygens (including phenoxy) is 1. The molecular weight excluding hydrogens is 222 g/mol. The van der Waals surface area contributed by atoms with E-state index in [0.717, 1.165) is 18.0 Å². The number of aryl methyl sites for hydroxylation is 2. The highest BCUT2D eigenvalue weighted by Crippen LogP contribution is 2.34. The van der Waals surface area contributed by atoms with Gasteiger partial charge in [0.25, 0.3) is 0 Å². The summed E-state index contributed by atoms with van der Waals surface area (Å²) >= 11 is 0. The molecule has 1 aliphatic rings. The van der Waals surface area contributed by atoms with Crippen molar-refractivity contribution in [1.29, 1.82) is 0 Å². The molecule has 0 aromatic heterocycles. The van der Waals surface area contributed by atoms with Crippen molar-refractivity contribution in [2.24, 2.45) is 0 Å². The fourth-order valence-corrected chi connectivity index (χ4v) is 2.24. The van der Waals surface area contributed by atoms with Crippen LogP contribution in [0.15, 0.2) is 42.5 Å². The van der Waals surface area contributed by atoms with E-state index in [2.05, 4.69) is 61.6 Å². The van der Waals surface area contributed by atoms with Crippen molar-refractivity contribution in [3.63, 3.8) is 0 Å². The predicted octanol–water partition coefficient (Wildman–Crippen LogP) is 3.85. The van der Waals surface area contributed by atoms with Crippen LogP contribution in [-0.4, -0.2) is 6.54 Å². The van der Waals surface area contributed by atoms with Gasteiger partial charge in [-0.15, -0.1) is 0 Å². The van der Waals surface area contributed by atoms with E-state index in [4.69, 9.17) is 4.74 Å². The fraction of sp³-hybridized carbons (Fsp3) is 0.250. The Kier molecular flexibility index (Phi) is 2.71. The third kappa shape index (κ3) is 2.06. The summed E-state index contributed by atoms with van der Waals surface area (Å²) in [5.74, 6) is 0.951. The number of hydrogen-bond donors (Lipinski definition) is 1. The standard InChI is InChI=1S/C16H17NO/c1-11-3-6-13(7-4-11)16-10-17-14-8-5-12(2)9-15(14)18-16/h3-9,16-17H,10H2,1-2H3. The summed E-state index contributed by atoms with van der Waals surface area (Å²) in [6.07, 6.45) is 0.0971. The Balaban J connectivity index is 1.88. The van der Waals surface area contributed by atoms with Crippen molar-refractivity contribution >= 4 is 5.69 Å². The van der Waals surface area contributed by atoms with Gasteiger partial charge < -0.3 is 10.1 Å². The normalized spacial score (nSPS) is 17.6. The summed E-state index contributed by atoms with van der Waals surface area (Å²) in [6, 6.07) is 14.8. The average Bonchev–Trinajstić information content (AvgIpc) is 2.38. The largest absolute Gasteiger partial charge is 0.482 e. The second kappa shape index (κ2) is 4.37. The molecule has 2 nitrogen and oxygen atoms in total. The lowest BCUT2D eigenvalue weighted by Gasteiger charge is -2.28. The second-order valence-corrected chi connectivity index (χ2v) is 4.90. The van der Waals surface area contributed by atoms with Crippen LogP contribution in [0.3, 0.4) is 0 Å². The molecule has 0 amide bonds. The van der Waals surface area contributed by atoms with Gasteiger partial charge >= 0.3 is 0 Å². The summed E-state index contributed by atoms with van der Waals surface area (Å²) in [5.41, 5.74) is 4.81. The van der Waals surface area contributed by atoms with Gasteiger partial charge in [-0.3, -0.25) is 0 Å². The van der Waals surface area contributed by atoms with E-state index in [1.807, 2.05) is 0 Å². The van der Waals surface area contributed by atoms with Crippen molar-refractivity contribution in [2.75, 3.05) is 11.9 Å². The quantitative estimate of drug-likeness (QED) is 0.816. The molecule has 0 fully saturated rings. The second-order valence-electron chi connectivity index (χ2n) is 4.90. The van der Waals surface area contributed by atoms with Crippen LogP contribution in [0.2, 0.25) is 0 Å². The Morgan fingerprint density at radius 1 is 1.00 bits per heavy atom. The predicted molar refractivity (Wildman–Crippen MR) is 74.2 cm³/mol. The zero-order chi connectivity index (χ0) is 12.5. The summed E-state index contributed by atoms with van der Waals surface area (Å²) in [4.78, 5) is 0. The van der Waals surface area contributed by atoms with Crippen LogP contribution in [0.4, 0.5) is 5.69 Å². The molecule has 3 rings (SSSR count). The van der Waals surface area contributed by atoms with Crippen LogP contribution in [0.25, 0.3) is 0 Å². The highest BCUT2D eigenvalue weighted by Gasteiger charge is 2.20. The lowest BCUT2D eigenvalue weighted by Crippen LogP contribution is -2.23. The molecule has 1 unspecified atom stereocenters. The lowest BCUT2D eigenvalue weighted by atomic mass is 10.1. The molecule has 1 atom stereocenters. The van der Waals surface area contributed by atoms with Gasteiger partial charge in [-0.05, 0) is 37.1 Å².